The zero-order valence-corrected chi connectivity index (χ0v) is 11.0. The summed E-state index contributed by atoms with van der Waals surface area (Å²) in [6, 6.07) is 2.32. The molecule has 1 heterocycles. The first kappa shape index (κ1) is 13.7. The van der Waals surface area contributed by atoms with Crippen molar-refractivity contribution in [3.8, 4) is 6.07 Å². The average molecular weight is 234 g/mol. The monoisotopic (exact) mass is 234 g/mol. The van der Waals surface area contributed by atoms with E-state index in [1.54, 1.807) is 0 Å². The van der Waals surface area contributed by atoms with Crippen LogP contribution in [0.15, 0.2) is 12.5 Å². The number of aryl methyl sites for hydroxylation is 1. The van der Waals surface area contributed by atoms with Crippen LogP contribution in [0.1, 0.15) is 32.9 Å². The highest BCUT2D eigenvalue weighted by Crippen LogP contribution is 2.19. The van der Waals surface area contributed by atoms with E-state index in [4.69, 9.17) is 5.26 Å². The molecule has 0 aliphatic rings. The molecule has 1 aromatic rings. The van der Waals surface area contributed by atoms with Crippen molar-refractivity contribution in [1.82, 2.24) is 14.9 Å². The molecular weight excluding hydrogens is 212 g/mol. The third-order valence-corrected chi connectivity index (χ3v) is 2.79. The fraction of sp³-hybridized carbons (Fsp3) is 0.692. The molecule has 0 spiro atoms. The Morgan fingerprint density at radius 3 is 2.94 bits per heavy atom. The van der Waals surface area contributed by atoms with E-state index in [0.29, 0.717) is 0 Å². The van der Waals surface area contributed by atoms with Crippen molar-refractivity contribution in [3.05, 3.63) is 18.2 Å². The van der Waals surface area contributed by atoms with E-state index in [0.717, 1.165) is 38.2 Å². The van der Waals surface area contributed by atoms with E-state index in [2.05, 4.69) is 34.1 Å². The standard InChI is InChI=1S/C13H22N4/c1-4-15-7-5-12-9-17(11-16-12)8-6-13(2,3)10-14/h9,11,15H,4-8H2,1-3H3. The van der Waals surface area contributed by atoms with Crippen LogP contribution in [0.4, 0.5) is 0 Å². The highest BCUT2D eigenvalue weighted by molar-refractivity contribution is 4.98. The van der Waals surface area contributed by atoms with Crippen molar-refractivity contribution in [2.45, 2.75) is 40.2 Å². The zero-order valence-electron chi connectivity index (χ0n) is 11.0. The summed E-state index contributed by atoms with van der Waals surface area (Å²) in [5.41, 5.74) is 0.856. The number of aromatic nitrogens is 2. The Bertz CT molecular complexity index is 373. The van der Waals surface area contributed by atoms with E-state index < -0.39 is 0 Å². The summed E-state index contributed by atoms with van der Waals surface area (Å²) in [6.07, 6.45) is 5.74. The second kappa shape index (κ2) is 6.41. The zero-order chi connectivity index (χ0) is 12.7. The van der Waals surface area contributed by atoms with Gasteiger partial charge in [0.2, 0.25) is 0 Å². The van der Waals surface area contributed by atoms with E-state index in [1.165, 1.54) is 0 Å². The van der Waals surface area contributed by atoms with E-state index in [1.807, 2.05) is 20.2 Å². The van der Waals surface area contributed by atoms with Gasteiger partial charge in [-0.15, -0.1) is 0 Å². The van der Waals surface area contributed by atoms with Crippen molar-refractivity contribution in [2.75, 3.05) is 13.1 Å². The number of likely N-dealkylation sites (N-methyl/N-ethyl adjacent to an activating group) is 1. The lowest BCUT2D eigenvalue weighted by Gasteiger charge is -2.14. The lowest BCUT2D eigenvalue weighted by molar-refractivity contribution is 0.413. The lowest BCUT2D eigenvalue weighted by atomic mass is 9.91. The summed E-state index contributed by atoms with van der Waals surface area (Å²) < 4.78 is 2.07. The Morgan fingerprint density at radius 2 is 2.29 bits per heavy atom. The normalized spacial score (nSPS) is 11.4. The molecule has 17 heavy (non-hydrogen) atoms. The van der Waals surface area contributed by atoms with Crippen molar-refractivity contribution in [2.24, 2.45) is 5.41 Å². The molecule has 0 aliphatic carbocycles. The first-order valence-corrected chi connectivity index (χ1v) is 6.20. The van der Waals surface area contributed by atoms with Gasteiger partial charge in [0.15, 0.2) is 0 Å². The number of nitriles is 1. The maximum Gasteiger partial charge on any atom is 0.0949 e. The molecule has 0 atom stereocenters. The quantitative estimate of drug-likeness (QED) is 0.734. The van der Waals surface area contributed by atoms with Gasteiger partial charge in [0.05, 0.1) is 23.5 Å². The first-order valence-electron chi connectivity index (χ1n) is 6.20. The fourth-order valence-electron chi connectivity index (χ4n) is 1.52. The molecule has 0 radical (unpaired) electrons. The Labute approximate surface area is 104 Å². The molecule has 94 valence electrons. The molecule has 1 N–H and O–H groups in total. The number of imidazole rings is 1. The van der Waals surface area contributed by atoms with Gasteiger partial charge < -0.3 is 9.88 Å². The minimum absolute atomic E-state index is 0.256. The SMILES string of the molecule is CCNCCc1cn(CCC(C)(C)C#N)cn1. The van der Waals surface area contributed by atoms with Crippen LogP contribution < -0.4 is 5.32 Å². The fourth-order valence-corrected chi connectivity index (χ4v) is 1.52. The van der Waals surface area contributed by atoms with Gasteiger partial charge in [-0.1, -0.05) is 6.92 Å². The molecule has 4 heteroatoms. The van der Waals surface area contributed by atoms with Crippen LogP contribution in [-0.2, 0) is 13.0 Å². The third-order valence-electron chi connectivity index (χ3n) is 2.79. The van der Waals surface area contributed by atoms with Gasteiger partial charge >= 0.3 is 0 Å². The molecule has 0 fully saturated rings. The van der Waals surface area contributed by atoms with Crippen molar-refractivity contribution < 1.29 is 0 Å². The van der Waals surface area contributed by atoms with Gasteiger partial charge in [-0.3, -0.25) is 0 Å². The van der Waals surface area contributed by atoms with E-state index in [9.17, 15) is 0 Å². The molecular formula is C13H22N4. The van der Waals surface area contributed by atoms with Gasteiger partial charge in [0.25, 0.3) is 0 Å². The minimum atomic E-state index is -0.256. The highest BCUT2D eigenvalue weighted by atomic mass is 15.0. The Hall–Kier alpha value is -1.34. The second-order valence-electron chi connectivity index (χ2n) is 4.95. The summed E-state index contributed by atoms with van der Waals surface area (Å²) in [5.74, 6) is 0. The number of rotatable bonds is 7. The summed E-state index contributed by atoms with van der Waals surface area (Å²) in [4.78, 5) is 4.35. The highest BCUT2D eigenvalue weighted by Gasteiger charge is 2.16. The smallest absolute Gasteiger partial charge is 0.0949 e. The van der Waals surface area contributed by atoms with Gasteiger partial charge in [0, 0.05) is 25.7 Å². The van der Waals surface area contributed by atoms with Crippen LogP contribution in [0.3, 0.4) is 0 Å². The lowest BCUT2D eigenvalue weighted by Crippen LogP contribution is -2.16. The molecule has 0 aromatic carbocycles. The summed E-state index contributed by atoms with van der Waals surface area (Å²) in [6.45, 7) is 8.86. The molecule has 0 saturated carbocycles. The molecule has 0 saturated heterocycles. The maximum atomic E-state index is 8.94. The number of nitrogens with zero attached hydrogens (tertiary/aromatic N) is 3. The molecule has 0 aliphatic heterocycles. The van der Waals surface area contributed by atoms with Crippen LogP contribution in [0.5, 0.6) is 0 Å². The van der Waals surface area contributed by atoms with Crippen LogP contribution >= 0.6 is 0 Å². The van der Waals surface area contributed by atoms with Crippen molar-refractivity contribution >= 4 is 0 Å². The molecule has 0 amide bonds. The number of nitrogens with one attached hydrogen (secondary N) is 1. The van der Waals surface area contributed by atoms with E-state index in [-0.39, 0.29) is 5.41 Å². The van der Waals surface area contributed by atoms with Crippen molar-refractivity contribution in [1.29, 1.82) is 5.26 Å². The predicted molar refractivity (Wildman–Crippen MR) is 68.5 cm³/mol. The van der Waals surface area contributed by atoms with Gasteiger partial charge in [0.1, 0.15) is 0 Å². The largest absolute Gasteiger partial charge is 0.337 e. The predicted octanol–water partition coefficient (Wildman–Crippen LogP) is 1.97. The van der Waals surface area contributed by atoms with Crippen LogP contribution in [0, 0.1) is 16.7 Å². The summed E-state index contributed by atoms with van der Waals surface area (Å²) in [5, 5.41) is 12.2. The second-order valence-corrected chi connectivity index (χ2v) is 4.95. The molecule has 0 unspecified atom stereocenters. The summed E-state index contributed by atoms with van der Waals surface area (Å²) in [7, 11) is 0. The maximum absolute atomic E-state index is 8.94. The molecule has 1 rings (SSSR count). The molecule has 0 bridgehead atoms. The Morgan fingerprint density at radius 1 is 1.53 bits per heavy atom. The third kappa shape index (κ3) is 5.01. The molecule has 4 nitrogen and oxygen atoms in total. The first-order chi connectivity index (χ1) is 8.07. The van der Waals surface area contributed by atoms with Crippen molar-refractivity contribution in [3.63, 3.8) is 0 Å². The average Bonchev–Trinajstić information content (AvgIpc) is 2.75. The topological polar surface area (TPSA) is 53.6 Å². The van der Waals surface area contributed by atoms with Gasteiger partial charge in [-0.05, 0) is 26.8 Å². The summed E-state index contributed by atoms with van der Waals surface area (Å²) >= 11 is 0. The number of hydrogen-bond donors (Lipinski definition) is 1. The number of hydrogen-bond acceptors (Lipinski definition) is 3. The van der Waals surface area contributed by atoms with Gasteiger partial charge in [-0.2, -0.15) is 5.26 Å². The Balaban J connectivity index is 2.38. The van der Waals surface area contributed by atoms with Crippen LogP contribution in [0.25, 0.3) is 0 Å². The minimum Gasteiger partial charge on any atom is -0.337 e. The van der Waals surface area contributed by atoms with Crippen LogP contribution in [0.2, 0.25) is 0 Å². The Kier molecular flexibility index (Phi) is 5.17. The van der Waals surface area contributed by atoms with E-state index >= 15 is 0 Å². The van der Waals surface area contributed by atoms with Crippen LogP contribution in [-0.4, -0.2) is 22.6 Å². The van der Waals surface area contributed by atoms with Gasteiger partial charge in [-0.25, -0.2) is 4.98 Å². The molecule has 1 aromatic heterocycles.